The SMILES string of the molecule is CCNC(=NCc1ccc(S(=O)(=O)N2CCCCC2)cc1)N(C)CC1CCOC1.I. The standard InChI is InChI=1S/C21H34N4O3S.HI/c1-3-22-21(24(2)16-19-11-14-28-17-19)23-15-18-7-9-20(10-8-18)29(26,27)25-12-5-4-6-13-25;/h7-10,19H,3-6,11-17H2,1-2H3,(H,22,23);1H. The molecular formula is C21H35IN4O3S. The van der Waals surface area contributed by atoms with Crippen molar-refractivity contribution in [3.05, 3.63) is 29.8 Å². The fourth-order valence-electron chi connectivity index (χ4n) is 3.86. The first-order valence-corrected chi connectivity index (χ1v) is 12.1. The Morgan fingerprint density at radius 2 is 1.93 bits per heavy atom. The van der Waals surface area contributed by atoms with Crippen LogP contribution in [0.2, 0.25) is 0 Å². The van der Waals surface area contributed by atoms with Gasteiger partial charge in [0.1, 0.15) is 0 Å². The van der Waals surface area contributed by atoms with Crippen LogP contribution in [0.1, 0.15) is 38.2 Å². The summed E-state index contributed by atoms with van der Waals surface area (Å²) in [5, 5.41) is 3.34. The second kappa shape index (κ2) is 12.2. The van der Waals surface area contributed by atoms with E-state index >= 15 is 0 Å². The lowest BCUT2D eigenvalue weighted by Gasteiger charge is -2.26. The van der Waals surface area contributed by atoms with Gasteiger partial charge in [0.25, 0.3) is 0 Å². The average molecular weight is 551 g/mol. The van der Waals surface area contributed by atoms with Crippen molar-refractivity contribution < 1.29 is 13.2 Å². The Morgan fingerprint density at radius 1 is 1.23 bits per heavy atom. The fourth-order valence-corrected chi connectivity index (χ4v) is 5.38. The number of nitrogens with one attached hydrogen (secondary N) is 1. The molecule has 0 aliphatic carbocycles. The molecule has 2 saturated heterocycles. The maximum absolute atomic E-state index is 12.8. The van der Waals surface area contributed by atoms with Gasteiger partial charge in [-0.25, -0.2) is 13.4 Å². The highest BCUT2D eigenvalue weighted by Gasteiger charge is 2.25. The third kappa shape index (κ3) is 6.80. The largest absolute Gasteiger partial charge is 0.381 e. The molecule has 30 heavy (non-hydrogen) atoms. The van der Waals surface area contributed by atoms with E-state index in [1.165, 1.54) is 0 Å². The summed E-state index contributed by atoms with van der Waals surface area (Å²) < 4.78 is 32.6. The summed E-state index contributed by atoms with van der Waals surface area (Å²) in [4.78, 5) is 7.26. The van der Waals surface area contributed by atoms with Crippen LogP contribution in [0.25, 0.3) is 0 Å². The monoisotopic (exact) mass is 550 g/mol. The Hall–Kier alpha value is -0.910. The smallest absolute Gasteiger partial charge is 0.243 e. The minimum Gasteiger partial charge on any atom is -0.381 e. The number of guanidine groups is 1. The maximum atomic E-state index is 12.8. The molecule has 170 valence electrons. The van der Waals surface area contributed by atoms with Crippen LogP contribution >= 0.6 is 24.0 Å². The van der Waals surface area contributed by atoms with Crippen LogP contribution in [0.5, 0.6) is 0 Å². The molecule has 0 radical (unpaired) electrons. The molecule has 0 amide bonds. The second-order valence-electron chi connectivity index (χ2n) is 7.89. The molecule has 1 aromatic carbocycles. The van der Waals surface area contributed by atoms with Crippen molar-refractivity contribution >= 4 is 40.0 Å². The predicted molar refractivity (Wildman–Crippen MR) is 131 cm³/mol. The van der Waals surface area contributed by atoms with Crippen LogP contribution in [0.3, 0.4) is 0 Å². The number of hydrogen-bond acceptors (Lipinski definition) is 4. The topological polar surface area (TPSA) is 74.2 Å². The zero-order chi connectivity index (χ0) is 20.7. The van der Waals surface area contributed by atoms with Gasteiger partial charge in [0.15, 0.2) is 5.96 Å². The number of ether oxygens (including phenoxy) is 1. The van der Waals surface area contributed by atoms with E-state index in [0.29, 0.717) is 30.4 Å². The lowest BCUT2D eigenvalue weighted by molar-refractivity contribution is 0.181. The van der Waals surface area contributed by atoms with Gasteiger partial charge in [0, 0.05) is 45.8 Å². The van der Waals surface area contributed by atoms with E-state index in [0.717, 1.165) is 63.5 Å². The molecule has 9 heteroatoms. The Bertz CT molecular complexity index is 774. The van der Waals surface area contributed by atoms with Crippen molar-refractivity contribution in [3.63, 3.8) is 0 Å². The minimum absolute atomic E-state index is 0. The van der Waals surface area contributed by atoms with Crippen LogP contribution < -0.4 is 5.32 Å². The summed E-state index contributed by atoms with van der Waals surface area (Å²) in [5.74, 6) is 1.41. The third-order valence-electron chi connectivity index (χ3n) is 5.54. The molecule has 3 rings (SSSR count). The molecule has 1 unspecified atom stereocenters. The number of aliphatic imine (C=N–C) groups is 1. The number of hydrogen-bond donors (Lipinski definition) is 1. The van der Waals surface area contributed by atoms with Gasteiger partial charge >= 0.3 is 0 Å². The Balaban J connectivity index is 0.00000320. The summed E-state index contributed by atoms with van der Waals surface area (Å²) in [5.41, 5.74) is 0.996. The number of benzene rings is 1. The highest BCUT2D eigenvalue weighted by molar-refractivity contribution is 14.0. The normalized spacial score (nSPS) is 20.6. The Morgan fingerprint density at radius 3 is 2.53 bits per heavy atom. The van der Waals surface area contributed by atoms with E-state index < -0.39 is 10.0 Å². The summed E-state index contributed by atoms with van der Waals surface area (Å²) >= 11 is 0. The van der Waals surface area contributed by atoms with E-state index in [-0.39, 0.29) is 24.0 Å². The number of sulfonamides is 1. The average Bonchev–Trinajstić information content (AvgIpc) is 3.25. The van der Waals surface area contributed by atoms with Crippen molar-refractivity contribution in [1.82, 2.24) is 14.5 Å². The maximum Gasteiger partial charge on any atom is 0.243 e. The quantitative estimate of drug-likeness (QED) is 0.321. The third-order valence-corrected chi connectivity index (χ3v) is 7.45. The molecule has 0 saturated carbocycles. The molecule has 2 heterocycles. The van der Waals surface area contributed by atoms with E-state index in [2.05, 4.69) is 17.1 Å². The predicted octanol–water partition coefficient (Wildman–Crippen LogP) is 2.91. The van der Waals surface area contributed by atoms with Crippen molar-refractivity contribution in [3.8, 4) is 0 Å². The summed E-state index contributed by atoms with van der Waals surface area (Å²) in [7, 11) is -1.33. The van der Waals surface area contributed by atoms with Crippen LogP contribution in [0.15, 0.2) is 34.2 Å². The van der Waals surface area contributed by atoms with Gasteiger partial charge in [-0.2, -0.15) is 4.31 Å². The number of piperidine rings is 1. The van der Waals surface area contributed by atoms with Gasteiger partial charge in [-0.1, -0.05) is 18.6 Å². The molecule has 7 nitrogen and oxygen atoms in total. The van der Waals surface area contributed by atoms with Crippen LogP contribution in [0, 0.1) is 5.92 Å². The molecule has 2 aliphatic heterocycles. The molecule has 1 N–H and O–H groups in total. The minimum atomic E-state index is -3.38. The van der Waals surface area contributed by atoms with Gasteiger partial charge in [-0.3, -0.25) is 0 Å². The summed E-state index contributed by atoms with van der Waals surface area (Å²) in [6, 6.07) is 7.16. The van der Waals surface area contributed by atoms with Gasteiger partial charge in [-0.05, 0) is 43.9 Å². The van der Waals surface area contributed by atoms with E-state index in [1.807, 2.05) is 19.2 Å². The van der Waals surface area contributed by atoms with Gasteiger partial charge in [-0.15, -0.1) is 24.0 Å². The molecule has 2 aliphatic rings. The molecule has 1 aromatic rings. The molecule has 2 fully saturated rings. The first-order chi connectivity index (χ1) is 14.0. The Kier molecular flexibility index (Phi) is 10.3. The van der Waals surface area contributed by atoms with Gasteiger partial charge in [0.2, 0.25) is 10.0 Å². The van der Waals surface area contributed by atoms with Gasteiger partial charge < -0.3 is 15.0 Å². The number of halogens is 1. The summed E-state index contributed by atoms with van der Waals surface area (Å²) in [6.45, 7) is 7.20. The van der Waals surface area contributed by atoms with Crippen molar-refractivity contribution in [2.75, 3.05) is 46.4 Å². The first kappa shape index (κ1) is 25.4. The Labute approximate surface area is 198 Å². The zero-order valence-electron chi connectivity index (χ0n) is 18.0. The van der Waals surface area contributed by atoms with Crippen molar-refractivity contribution in [2.24, 2.45) is 10.9 Å². The number of nitrogens with zero attached hydrogens (tertiary/aromatic N) is 3. The molecule has 0 bridgehead atoms. The molecular weight excluding hydrogens is 515 g/mol. The fraction of sp³-hybridized carbons (Fsp3) is 0.667. The van der Waals surface area contributed by atoms with E-state index in [4.69, 9.17) is 9.73 Å². The highest BCUT2D eigenvalue weighted by atomic mass is 127. The lowest BCUT2D eigenvalue weighted by atomic mass is 10.1. The second-order valence-corrected chi connectivity index (χ2v) is 9.83. The van der Waals surface area contributed by atoms with Crippen LogP contribution in [0.4, 0.5) is 0 Å². The molecule has 0 aromatic heterocycles. The highest BCUT2D eigenvalue weighted by Crippen LogP contribution is 2.21. The lowest BCUT2D eigenvalue weighted by Crippen LogP contribution is -2.41. The number of rotatable bonds is 7. The van der Waals surface area contributed by atoms with Crippen molar-refractivity contribution in [1.29, 1.82) is 0 Å². The zero-order valence-corrected chi connectivity index (χ0v) is 21.2. The first-order valence-electron chi connectivity index (χ1n) is 10.7. The molecule has 1 atom stereocenters. The summed E-state index contributed by atoms with van der Waals surface area (Å²) in [6.07, 6.45) is 4.09. The van der Waals surface area contributed by atoms with Crippen LogP contribution in [-0.4, -0.2) is 70.0 Å². The van der Waals surface area contributed by atoms with Crippen molar-refractivity contribution in [2.45, 2.75) is 44.0 Å². The molecule has 0 spiro atoms. The van der Waals surface area contributed by atoms with E-state index in [1.54, 1.807) is 16.4 Å². The van der Waals surface area contributed by atoms with Gasteiger partial charge in [0.05, 0.1) is 18.0 Å². The van der Waals surface area contributed by atoms with Crippen LogP contribution in [-0.2, 0) is 21.3 Å². The van der Waals surface area contributed by atoms with E-state index in [9.17, 15) is 8.42 Å².